The number of thioether (sulfide) groups is 1. The van der Waals surface area contributed by atoms with Crippen LogP contribution < -0.4 is 5.32 Å². The molecule has 4 heteroatoms. The minimum absolute atomic E-state index is 0.530. The highest BCUT2D eigenvalue weighted by Gasteiger charge is 2.00. The van der Waals surface area contributed by atoms with Gasteiger partial charge in [-0.05, 0) is 43.0 Å². The molecular formula is C14H15ClN2S. The van der Waals surface area contributed by atoms with Crippen LogP contribution in [0.1, 0.15) is 11.3 Å². The van der Waals surface area contributed by atoms with Gasteiger partial charge in [-0.3, -0.25) is 0 Å². The van der Waals surface area contributed by atoms with Crippen LogP contribution in [0.2, 0.25) is 5.15 Å². The van der Waals surface area contributed by atoms with Crippen LogP contribution in [-0.2, 0) is 6.54 Å². The molecule has 0 aliphatic heterocycles. The highest BCUT2D eigenvalue weighted by molar-refractivity contribution is 7.98. The highest BCUT2D eigenvalue weighted by Crippen LogP contribution is 2.18. The first kappa shape index (κ1) is 13.2. The maximum Gasteiger partial charge on any atom is 0.129 e. The second kappa shape index (κ2) is 6.12. The van der Waals surface area contributed by atoms with Crippen molar-refractivity contribution < 1.29 is 0 Å². The molecule has 1 aromatic carbocycles. The van der Waals surface area contributed by atoms with E-state index in [-0.39, 0.29) is 0 Å². The average molecular weight is 279 g/mol. The normalized spacial score (nSPS) is 10.4. The number of hydrogen-bond donors (Lipinski definition) is 1. The van der Waals surface area contributed by atoms with Gasteiger partial charge in [-0.25, -0.2) is 4.98 Å². The lowest BCUT2D eigenvalue weighted by Crippen LogP contribution is -2.02. The number of aromatic nitrogens is 1. The molecular weight excluding hydrogens is 264 g/mol. The van der Waals surface area contributed by atoms with Crippen molar-refractivity contribution in [2.75, 3.05) is 11.6 Å². The molecule has 2 aromatic rings. The molecule has 0 amide bonds. The van der Waals surface area contributed by atoms with Crippen LogP contribution >= 0.6 is 23.4 Å². The number of aryl methyl sites for hydroxylation is 1. The summed E-state index contributed by atoms with van der Waals surface area (Å²) in [6.45, 7) is 2.74. The highest BCUT2D eigenvalue weighted by atomic mass is 35.5. The monoisotopic (exact) mass is 278 g/mol. The Kier molecular flexibility index (Phi) is 4.50. The van der Waals surface area contributed by atoms with Crippen molar-refractivity contribution in [2.24, 2.45) is 0 Å². The summed E-state index contributed by atoms with van der Waals surface area (Å²) in [5.41, 5.74) is 3.19. The van der Waals surface area contributed by atoms with Crippen molar-refractivity contribution in [2.45, 2.75) is 18.4 Å². The Hall–Kier alpha value is -1.19. The summed E-state index contributed by atoms with van der Waals surface area (Å²) in [6.07, 6.45) is 2.08. The fourth-order valence-corrected chi connectivity index (χ4v) is 2.26. The summed E-state index contributed by atoms with van der Waals surface area (Å²) in [6, 6.07) is 12.3. The standard InChI is InChI=1S/C14H15ClN2S/c1-10-13(7-8-14(15)17-10)16-9-11-3-5-12(18-2)6-4-11/h3-8,16H,9H2,1-2H3. The number of anilines is 1. The first-order valence-electron chi connectivity index (χ1n) is 5.69. The number of benzene rings is 1. The van der Waals surface area contributed by atoms with Gasteiger partial charge >= 0.3 is 0 Å². The Bertz CT molecular complexity index is 526. The van der Waals surface area contributed by atoms with Crippen molar-refractivity contribution in [3.05, 3.63) is 52.8 Å². The van der Waals surface area contributed by atoms with Crippen LogP contribution in [0.4, 0.5) is 5.69 Å². The smallest absolute Gasteiger partial charge is 0.129 e. The van der Waals surface area contributed by atoms with Gasteiger partial charge in [-0.15, -0.1) is 11.8 Å². The number of nitrogens with zero attached hydrogens (tertiary/aromatic N) is 1. The van der Waals surface area contributed by atoms with E-state index in [2.05, 4.69) is 40.8 Å². The Balaban J connectivity index is 2.02. The van der Waals surface area contributed by atoms with Gasteiger partial charge in [0.1, 0.15) is 5.15 Å². The molecule has 0 atom stereocenters. The van der Waals surface area contributed by atoms with E-state index in [1.54, 1.807) is 17.8 Å². The van der Waals surface area contributed by atoms with Crippen molar-refractivity contribution >= 4 is 29.1 Å². The maximum atomic E-state index is 5.83. The number of pyridine rings is 1. The van der Waals surface area contributed by atoms with Gasteiger partial charge in [-0.2, -0.15) is 0 Å². The Morgan fingerprint density at radius 1 is 1.17 bits per heavy atom. The molecule has 1 N–H and O–H groups in total. The first-order valence-corrected chi connectivity index (χ1v) is 7.29. The fourth-order valence-electron chi connectivity index (χ4n) is 1.66. The van der Waals surface area contributed by atoms with E-state index in [9.17, 15) is 0 Å². The fraction of sp³-hybridized carbons (Fsp3) is 0.214. The molecule has 2 rings (SSSR count). The molecule has 1 aromatic heterocycles. The van der Waals surface area contributed by atoms with Crippen LogP contribution in [0.15, 0.2) is 41.3 Å². The third kappa shape index (κ3) is 3.40. The van der Waals surface area contributed by atoms with Gasteiger partial charge in [0, 0.05) is 11.4 Å². The molecule has 0 radical (unpaired) electrons. The van der Waals surface area contributed by atoms with Gasteiger partial charge < -0.3 is 5.32 Å². The van der Waals surface area contributed by atoms with Gasteiger partial charge in [0.25, 0.3) is 0 Å². The van der Waals surface area contributed by atoms with E-state index >= 15 is 0 Å². The summed E-state index contributed by atoms with van der Waals surface area (Å²) in [7, 11) is 0. The molecule has 0 saturated carbocycles. The number of hydrogen-bond acceptors (Lipinski definition) is 3. The van der Waals surface area contributed by atoms with Gasteiger partial charge in [0.05, 0.1) is 11.4 Å². The van der Waals surface area contributed by atoms with E-state index in [4.69, 9.17) is 11.6 Å². The molecule has 0 aliphatic rings. The lowest BCUT2D eigenvalue weighted by atomic mass is 10.2. The molecule has 0 bridgehead atoms. The zero-order valence-electron chi connectivity index (χ0n) is 10.4. The lowest BCUT2D eigenvalue weighted by molar-refractivity contribution is 1.10. The molecule has 18 heavy (non-hydrogen) atoms. The molecule has 94 valence electrons. The summed E-state index contributed by atoms with van der Waals surface area (Å²) >= 11 is 7.58. The predicted octanol–water partition coefficient (Wildman–Crippen LogP) is 4.38. The SMILES string of the molecule is CSc1ccc(CNc2ccc(Cl)nc2C)cc1. The molecule has 0 aliphatic carbocycles. The number of halogens is 1. The van der Waals surface area contributed by atoms with Gasteiger partial charge in [0.15, 0.2) is 0 Å². The maximum absolute atomic E-state index is 5.83. The average Bonchev–Trinajstić information content (AvgIpc) is 2.38. The van der Waals surface area contributed by atoms with Crippen LogP contribution in [0.25, 0.3) is 0 Å². The van der Waals surface area contributed by atoms with Crippen molar-refractivity contribution in [1.29, 1.82) is 0 Å². The zero-order valence-corrected chi connectivity index (χ0v) is 12.0. The summed E-state index contributed by atoms with van der Waals surface area (Å²) in [4.78, 5) is 5.49. The lowest BCUT2D eigenvalue weighted by Gasteiger charge is -2.09. The zero-order chi connectivity index (χ0) is 13.0. The van der Waals surface area contributed by atoms with E-state index in [1.807, 2.05) is 13.0 Å². The third-order valence-electron chi connectivity index (χ3n) is 2.69. The van der Waals surface area contributed by atoms with Crippen molar-refractivity contribution in [1.82, 2.24) is 4.98 Å². The van der Waals surface area contributed by atoms with Crippen molar-refractivity contribution in [3.63, 3.8) is 0 Å². The topological polar surface area (TPSA) is 24.9 Å². The van der Waals surface area contributed by atoms with Crippen LogP contribution in [0.5, 0.6) is 0 Å². The summed E-state index contributed by atoms with van der Waals surface area (Å²) in [5.74, 6) is 0. The summed E-state index contributed by atoms with van der Waals surface area (Å²) in [5, 5.41) is 3.90. The molecule has 0 saturated heterocycles. The van der Waals surface area contributed by atoms with Gasteiger partial charge in [0.2, 0.25) is 0 Å². The van der Waals surface area contributed by atoms with E-state index in [0.29, 0.717) is 5.15 Å². The first-order chi connectivity index (χ1) is 8.69. The van der Waals surface area contributed by atoms with E-state index < -0.39 is 0 Å². The van der Waals surface area contributed by atoms with E-state index in [0.717, 1.165) is 17.9 Å². The molecule has 0 spiro atoms. The second-order valence-corrected chi connectivity index (χ2v) is 5.24. The van der Waals surface area contributed by atoms with Gasteiger partial charge in [-0.1, -0.05) is 23.7 Å². The Labute approximate surface area is 117 Å². The van der Waals surface area contributed by atoms with Crippen LogP contribution in [0, 0.1) is 6.92 Å². The Morgan fingerprint density at radius 3 is 2.50 bits per heavy atom. The molecule has 2 nitrogen and oxygen atoms in total. The number of rotatable bonds is 4. The van der Waals surface area contributed by atoms with E-state index in [1.165, 1.54) is 10.5 Å². The number of nitrogens with one attached hydrogen (secondary N) is 1. The predicted molar refractivity (Wildman–Crippen MR) is 79.5 cm³/mol. The summed E-state index contributed by atoms with van der Waals surface area (Å²) < 4.78 is 0. The van der Waals surface area contributed by atoms with Crippen molar-refractivity contribution in [3.8, 4) is 0 Å². The molecule has 1 heterocycles. The largest absolute Gasteiger partial charge is 0.380 e. The van der Waals surface area contributed by atoms with Crippen LogP contribution in [0.3, 0.4) is 0 Å². The minimum atomic E-state index is 0.530. The Morgan fingerprint density at radius 2 is 1.89 bits per heavy atom. The third-order valence-corrected chi connectivity index (χ3v) is 3.65. The minimum Gasteiger partial charge on any atom is -0.380 e. The quantitative estimate of drug-likeness (QED) is 0.664. The van der Waals surface area contributed by atoms with Crippen LogP contribution in [-0.4, -0.2) is 11.2 Å². The molecule has 0 unspecified atom stereocenters. The molecule has 0 fully saturated rings. The second-order valence-electron chi connectivity index (χ2n) is 3.97.